The summed E-state index contributed by atoms with van der Waals surface area (Å²) in [5.41, 5.74) is 2.27. The summed E-state index contributed by atoms with van der Waals surface area (Å²) in [4.78, 5) is 7.18. The standard InChI is InChI=1S/C23H40N4O3/c1-4-24-23(25-11-5-12-27-13-9-21(28)10-14-27)26-18-20-8-7-19(2)17-22(20)30-16-6-15-29-3/h7-8,17,21,28H,4-6,9-16,18H2,1-3H3,(H2,24,25,26). The first-order chi connectivity index (χ1) is 14.6. The van der Waals surface area contributed by atoms with E-state index in [1.165, 1.54) is 5.56 Å². The third-order valence-electron chi connectivity index (χ3n) is 5.23. The summed E-state index contributed by atoms with van der Waals surface area (Å²) in [6.45, 7) is 10.8. The molecule has 0 atom stereocenters. The highest BCUT2D eigenvalue weighted by Crippen LogP contribution is 2.21. The van der Waals surface area contributed by atoms with E-state index in [2.05, 4.69) is 47.6 Å². The van der Waals surface area contributed by atoms with Gasteiger partial charge in [-0.3, -0.25) is 0 Å². The summed E-state index contributed by atoms with van der Waals surface area (Å²) in [6.07, 6.45) is 3.60. The Morgan fingerprint density at radius 1 is 1.20 bits per heavy atom. The number of aliphatic hydroxyl groups is 1. The lowest BCUT2D eigenvalue weighted by molar-refractivity contribution is 0.0823. The molecule has 3 N–H and O–H groups in total. The number of aliphatic hydroxyl groups excluding tert-OH is 1. The van der Waals surface area contributed by atoms with E-state index in [1.807, 2.05) is 0 Å². The molecule has 0 amide bonds. The van der Waals surface area contributed by atoms with Gasteiger partial charge in [-0.1, -0.05) is 12.1 Å². The predicted molar refractivity (Wildman–Crippen MR) is 122 cm³/mol. The quantitative estimate of drug-likeness (QED) is 0.274. The number of likely N-dealkylation sites (tertiary alicyclic amines) is 1. The molecule has 0 radical (unpaired) electrons. The van der Waals surface area contributed by atoms with E-state index in [0.717, 1.165) is 75.7 Å². The monoisotopic (exact) mass is 420 g/mol. The molecule has 1 fully saturated rings. The summed E-state index contributed by atoms with van der Waals surface area (Å²) < 4.78 is 11.1. The number of methoxy groups -OCH3 is 1. The van der Waals surface area contributed by atoms with Crippen molar-refractivity contribution in [2.45, 2.75) is 52.2 Å². The minimum Gasteiger partial charge on any atom is -0.493 e. The van der Waals surface area contributed by atoms with Crippen molar-refractivity contribution in [3.8, 4) is 5.75 Å². The van der Waals surface area contributed by atoms with E-state index in [9.17, 15) is 5.11 Å². The van der Waals surface area contributed by atoms with Gasteiger partial charge in [-0.05, 0) is 51.3 Å². The predicted octanol–water partition coefficient (Wildman–Crippen LogP) is 2.31. The minimum absolute atomic E-state index is 0.109. The Balaban J connectivity index is 1.82. The number of nitrogens with one attached hydrogen (secondary N) is 2. The lowest BCUT2D eigenvalue weighted by Gasteiger charge is -2.29. The summed E-state index contributed by atoms with van der Waals surface area (Å²) in [6, 6.07) is 6.27. The Morgan fingerprint density at radius 3 is 2.73 bits per heavy atom. The fourth-order valence-corrected chi connectivity index (χ4v) is 3.47. The topological polar surface area (TPSA) is 78.4 Å². The first kappa shape index (κ1) is 24.4. The van der Waals surface area contributed by atoms with Crippen LogP contribution >= 0.6 is 0 Å². The van der Waals surface area contributed by atoms with Gasteiger partial charge in [0.1, 0.15) is 5.75 Å². The Kier molecular flexibility index (Phi) is 11.6. The zero-order chi connectivity index (χ0) is 21.6. The number of nitrogens with zero attached hydrogens (tertiary/aromatic N) is 2. The van der Waals surface area contributed by atoms with Crippen LogP contribution in [-0.2, 0) is 11.3 Å². The van der Waals surface area contributed by atoms with Crippen molar-refractivity contribution < 1.29 is 14.6 Å². The third-order valence-corrected chi connectivity index (χ3v) is 5.23. The summed E-state index contributed by atoms with van der Waals surface area (Å²) in [5.74, 6) is 1.73. The number of hydrogen-bond donors (Lipinski definition) is 3. The zero-order valence-electron chi connectivity index (χ0n) is 19.0. The van der Waals surface area contributed by atoms with Gasteiger partial charge in [-0.15, -0.1) is 0 Å². The van der Waals surface area contributed by atoms with Crippen molar-refractivity contribution in [3.05, 3.63) is 29.3 Å². The molecule has 30 heavy (non-hydrogen) atoms. The second-order valence-electron chi connectivity index (χ2n) is 7.85. The zero-order valence-corrected chi connectivity index (χ0v) is 19.0. The number of piperidine rings is 1. The van der Waals surface area contributed by atoms with Crippen molar-refractivity contribution >= 4 is 5.96 Å². The molecule has 0 saturated carbocycles. The van der Waals surface area contributed by atoms with Gasteiger partial charge in [0.15, 0.2) is 5.96 Å². The maximum atomic E-state index is 9.61. The van der Waals surface area contributed by atoms with Crippen LogP contribution in [0.25, 0.3) is 0 Å². The first-order valence-electron chi connectivity index (χ1n) is 11.3. The molecule has 1 aromatic rings. The fraction of sp³-hybridized carbons (Fsp3) is 0.696. The van der Waals surface area contributed by atoms with Crippen LogP contribution in [0.3, 0.4) is 0 Å². The number of ether oxygens (including phenoxy) is 2. The summed E-state index contributed by atoms with van der Waals surface area (Å²) in [7, 11) is 1.71. The molecule has 1 aliphatic heterocycles. The molecule has 0 unspecified atom stereocenters. The molecule has 2 rings (SSSR count). The van der Waals surface area contributed by atoms with E-state index >= 15 is 0 Å². The molecule has 170 valence electrons. The number of aryl methyl sites for hydroxylation is 1. The van der Waals surface area contributed by atoms with E-state index in [-0.39, 0.29) is 6.10 Å². The fourth-order valence-electron chi connectivity index (χ4n) is 3.47. The van der Waals surface area contributed by atoms with Crippen LogP contribution in [0.2, 0.25) is 0 Å². The Morgan fingerprint density at radius 2 is 2.00 bits per heavy atom. The SMILES string of the molecule is CCNC(=NCc1ccc(C)cc1OCCCOC)NCCCN1CCC(O)CC1. The van der Waals surface area contributed by atoms with Gasteiger partial charge in [-0.2, -0.15) is 0 Å². The number of hydrogen-bond acceptors (Lipinski definition) is 5. The van der Waals surface area contributed by atoms with Crippen LogP contribution in [0.15, 0.2) is 23.2 Å². The van der Waals surface area contributed by atoms with Gasteiger partial charge >= 0.3 is 0 Å². The molecule has 7 nitrogen and oxygen atoms in total. The van der Waals surface area contributed by atoms with Crippen LogP contribution in [0.1, 0.15) is 43.7 Å². The van der Waals surface area contributed by atoms with Gasteiger partial charge in [0, 0.05) is 51.9 Å². The van der Waals surface area contributed by atoms with Crippen molar-refractivity contribution in [1.29, 1.82) is 0 Å². The van der Waals surface area contributed by atoms with Crippen molar-refractivity contribution in [2.75, 3.05) is 53.0 Å². The normalized spacial score (nSPS) is 15.9. The largest absolute Gasteiger partial charge is 0.493 e. The van der Waals surface area contributed by atoms with Crippen molar-refractivity contribution in [3.63, 3.8) is 0 Å². The van der Waals surface area contributed by atoms with E-state index in [1.54, 1.807) is 7.11 Å². The van der Waals surface area contributed by atoms with Crippen molar-refractivity contribution in [2.24, 2.45) is 4.99 Å². The lowest BCUT2D eigenvalue weighted by Crippen LogP contribution is -2.40. The molecule has 1 heterocycles. The van der Waals surface area contributed by atoms with Gasteiger partial charge < -0.3 is 30.1 Å². The number of aliphatic imine (C=N–C) groups is 1. The molecular formula is C23H40N4O3. The van der Waals surface area contributed by atoms with E-state index in [4.69, 9.17) is 14.5 Å². The number of rotatable bonds is 12. The second-order valence-corrected chi connectivity index (χ2v) is 7.85. The van der Waals surface area contributed by atoms with Crippen LogP contribution < -0.4 is 15.4 Å². The van der Waals surface area contributed by atoms with Gasteiger partial charge in [0.25, 0.3) is 0 Å². The summed E-state index contributed by atoms with van der Waals surface area (Å²) >= 11 is 0. The molecule has 1 aromatic carbocycles. The van der Waals surface area contributed by atoms with Gasteiger partial charge in [0.05, 0.1) is 19.3 Å². The molecule has 7 heteroatoms. The van der Waals surface area contributed by atoms with Crippen LogP contribution in [-0.4, -0.2) is 75.1 Å². The Bertz CT molecular complexity index is 631. The van der Waals surface area contributed by atoms with E-state index < -0.39 is 0 Å². The number of benzene rings is 1. The lowest BCUT2D eigenvalue weighted by atomic mass is 10.1. The first-order valence-corrected chi connectivity index (χ1v) is 11.3. The molecule has 0 aliphatic carbocycles. The highest BCUT2D eigenvalue weighted by Gasteiger charge is 2.16. The van der Waals surface area contributed by atoms with Crippen LogP contribution in [0, 0.1) is 6.92 Å². The minimum atomic E-state index is -0.109. The second kappa shape index (κ2) is 14.2. The average molecular weight is 421 g/mol. The maximum Gasteiger partial charge on any atom is 0.191 e. The van der Waals surface area contributed by atoms with E-state index in [0.29, 0.717) is 19.8 Å². The van der Waals surface area contributed by atoms with Crippen molar-refractivity contribution in [1.82, 2.24) is 15.5 Å². The molecule has 1 saturated heterocycles. The highest BCUT2D eigenvalue weighted by atomic mass is 16.5. The number of guanidine groups is 1. The average Bonchev–Trinajstić information content (AvgIpc) is 2.74. The molecule has 0 bridgehead atoms. The smallest absolute Gasteiger partial charge is 0.191 e. The Hall–Kier alpha value is -1.83. The molecular weight excluding hydrogens is 380 g/mol. The Labute approximate surface area is 181 Å². The van der Waals surface area contributed by atoms with Crippen LogP contribution in [0.5, 0.6) is 5.75 Å². The summed E-state index contributed by atoms with van der Waals surface area (Å²) in [5, 5.41) is 16.4. The highest BCUT2D eigenvalue weighted by molar-refractivity contribution is 5.79. The van der Waals surface area contributed by atoms with Gasteiger partial charge in [-0.25, -0.2) is 4.99 Å². The van der Waals surface area contributed by atoms with Gasteiger partial charge in [0.2, 0.25) is 0 Å². The van der Waals surface area contributed by atoms with Crippen LogP contribution in [0.4, 0.5) is 0 Å². The maximum absolute atomic E-state index is 9.61. The molecule has 0 aromatic heterocycles. The third kappa shape index (κ3) is 9.32. The molecule has 0 spiro atoms. The molecule has 1 aliphatic rings.